The van der Waals surface area contributed by atoms with Crippen molar-refractivity contribution in [3.63, 3.8) is 0 Å². The van der Waals surface area contributed by atoms with Gasteiger partial charge in [-0.2, -0.15) is 10.2 Å². The van der Waals surface area contributed by atoms with Crippen LogP contribution in [0.1, 0.15) is 12.6 Å². The van der Waals surface area contributed by atoms with Crippen molar-refractivity contribution in [2.45, 2.75) is 19.9 Å². The Balaban J connectivity index is 2.02. The quantitative estimate of drug-likeness (QED) is 0.897. The van der Waals surface area contributed by atoms with E-state index < -0.39 is 0 Å². The molecule has 102 valence electrons. The highest BCUT2D eigenvalue weighted by atomic mass is 35.5. The van der Waals surface area contributed by atoms with Gasteiger partial charge in [0.25, 0.3) is 5.56 Å². The van der Waals surface area contributed by atoms with Crippen LogP contribution in [0.4, 0.5) is 5.69 Å². The van der Waals surface area contributed by atoms with Crippen molar-refractivity contribution < 1.29 is 0 Å². The number of aromatic nitrogens is 4. The zero-order chi connectivity index (χ0) is 13.8. The van der Waals surface area contributed by atoms with Gasteiger partial charge >= 0.3 is 0 Å². The third kappa shape index (κ3) is 2.96. The summed E-state index contributed by atoms with van der Waals surface area (Å²) in [5.41, 5.74) is 1.41. The SMILES string of the molecule is CCn1ncc(NCCc2ccnn2C)c(Cl)c1=O. The van der Waals surface area contributed by atoms with Crippen LogP contribution in [0.15, 0.2) is 23.3 Å². The highest BCUT2D eigenvalue weighted by Gasteiger charge is 2.08. The van der Waals surface area contributed by atoms with E-state index in [2.05, 4.69) is 15.5 Å². The molecule has 2 heterocycles. The van der Waals surface area contributed by atoms with Gasteiger partial charge in [0, 0.05) is 38.4 Å². The fourth-order valence-corrected chi connectivity index (χ4v) is 2.00. The summed E-state index contributed by atoms with van der Waals surface area (Å²) in [5.74, 6) is 0. The normalized spacial score (nSPS) is 10.7. The van der Waals surface area contributed by atoms with E-state index >= 15 is 0 Å². The van der Waals surface area contributed by atoms with Crippen molar-refractivity contribution in [2.24, 2.45) is 7.05 Å². The molecule has 0 unspecified atom stereocenters. The Morgan fingerprint density at radius 2 is 2.21 bits per heavy atom. The lowest BCUT2D eigenvalue weighted by Gasteiger charge is -2.09. The molecule has 0 radical (unpaired) electrons. The summed E-state index contributed by atoms with van der Waals surface area (Å²) in [5, 5.41) is 11.4. The van der Waals surface area contributed by atoms with E-state index in [-0.39, 0.29) is 10.6 Å². The van der Waals surface area contributed by atoms with Crippen molar-refractivity contribution in [1.29, 1.82) is 0 Å². The van der Waals surface area contributed by atoms with Gasteiger partial charge in [0.05, 0.1) is 11.9 Å². The zero-order valence-electron chi connectivity index (χ0n) is 10.9. The third-order valence-corrected chi connectivity index (χ3v) is 3.27. The van der Waals surface area contributed by atoms with Gasteiger partial charge in [-0.25, -0.2) is 4.68 Å². The topological polar surface area (TPSA) is 64.7 Å². The lowest BCUT2D eigenvalue weighted by molar-refractivity contribution is 0.616. The molecule has 19 heavy (non-hydrogen) atoms. The van der Waals surface area contributed by atoms with E-state index in [1.165, 1.54) is 4.68 Å². The zero-order valence-corrected chi connectivity index (χ0v) is 11.7. The molecule has 6 nitrogen and oxygen atoms in total. The van der Waals surface area contributed by atoms with Crippen molar-refractivity contribution >= 4 is 17.3 Å². The Hall–Kier alpha value is -1.82. The molecule has 0 aromatic carbocycles. The predicted molar refractivity (Wildman–Crippen MR) is 74.6 cm³/mol. The van der Waals surface area contributed by atoms with E-state index in [9.17, 15) is 4.79 Å². The number of hydrogen-bond donors (Lipinski definition) is 1. The molecule has 0 saturated heterocycles. The Bertz CT molecular complexity index is 619. The molecule has 0 saturated carbocycles. The van der Waals surface area contributed by atoms with Crippen LogP contribution in [0, 0.1) is 0 Å². The number of halogens is 1. The van der Waals surface area contributed by atoms with Crippen molar-refractivity contribution in [3.05, 3.63) is 39.5 Å². The van der Waals surface area contributed by atoms with E-state index in [4.69, 9.17) is 11.6 Å². The average Bonchev–Trinajstić information content (AvgIpc) is 2.81. The van der Waals surface area contributed by atoms with E-state index in [0.717, 1.165) is 12.1 Å². The molecule has 7 heteroatoms. The number of hydrogen-bond acceptors (Lipinski definition) is 4. The van der Waals surface area contributed by atoms with Crippen LogP contribution in [0.25, 0.3) is 0 Å². The van der Waals surface area contributed by atoms with E-state index in [1.807, 2.05) is 24.7 Å². The number of rotatable bonds is 5. The average molecular weight is 282 g/mol. The number of anilines is 1. The summed E-state index contributed by atoms with van der Waals surface area (Å²) >= 11 is 6.02. The molecule has 0 bridgehead atoms. The van der Waals surface area contributed by atoms with Crippen molar-refractivity contribution in [3.8, 4) is 0 Å². The van der Waals surface area contributed by atoms with Gasteiger partial charge in [-0.05, 0) is 13.0 Å². The molecule has 0 fully saturated rings. The molecule has 0 amide bonds. The number of nitrogens with one attached hydrogen (secondary N) is 1. The molecular weight excluding hydrogens is 266 g/mol. The van der Waals surface area contributed by atoms with E-state index in [1.54, 1.807) is 12.4 Å². The van der Waals surface area contributed by atoms with Gasteiger partial charge in [-0.15, -0.1) is 0 Å². The van der Waals surface area contributed by atoms with Crippen LogP contribution in [0.2, 0.25) is 5.02 Å². The standard InChI is InChI=1S/C12H16ClN5O/c1-3-18-12(19)11(13)10(8-16-18)14-6-4-9-5-7-15-17(9)2/h5,7-8,14H,3-4,6H2,1-2H3. The van der Waals surface area contributed by atoms with Crippen LogP contribution < -0.4 is 10.9 Å². The van der Waals surface area contributed by atoms with Gasteiger partial charge in [-0.3, -0.25) is 9.48 Å². The molecule has 2 rings (SSSR count). The second-order valence-electron chi connectivity index (χ2n) is 4.12. The molecule has 0 aliphatic heterocycles. The first-order valence-electron chi connectivity index (χ1n) is 6.10. The lowest BCUT2D eigenvalue weighted by atomic mass is 10.3. The molecule has 2 aromatic rings. The van der Waals surface area contributed by atoms with Gasteiger partial charge in [-0.1, -0.05) is 11.6 Å². The van der Waals surface area contributed by atoms with Gasteiger partial charge in [0.1, 0.15) is 5.02 Å². The largest absolute Gasteiger partial charge is 0.382 e. The second kappa shape index (κ2) is 5.88. The monoisotopic (exact) mass is 281 g/mol. The minimum absolute atomic E-state index is 0.182. The third-order valence-electron chi connectivity index (χ3n) is 2.90. The molecule has 0 spiro atoms. The van der Waals surface area contributed by atoms with Crippen LogP contribution in [0.3, 0.4) is 0 Å². The Morgan fingerprint density at radius 1 is 1.42 bits per heavy atom. The highest BCUT2D eigenvalue weighted by Crippen LogP contribution is 2.15. The van der Waals surface area contributed by atoms with Crippen LogP contribution >= 0.6 is 11.6 Å². The first kappa shape index (κ1) is 13.6. The fourth-order valence-electron chi connectivity index (χ4n) is 1.79. The lowest BCUT2D eigenvalue weighted by Crippen LogP contribution is -2.23. The molecule has 1 N–H and O–H groups in total. The minimum atomic E-state index is -0.269. The Morgan fingerprint density at radius 3 is 2.84 bits per heavy atom. The minimum Gasteiger partial charge on any atom is -0.382 e. The molecule has 0 aliphatic carbocycles. The maximum absolute atomic E-state index is 11.8. The Labute approximate surface area is 116 Å². The maximum atomic E-state index is 11.8. The summed E-state index contributed by atoms with van der Waals surface area (Å²) in [4.78, 5) is 11.8. The van der Waals surface area contributed by atoms with Gasteiger partial charge < -0.3 is 5.32 Å². The highest BCUT2D eigenvalue weighted by molar-refractivity contribution is 6.32. The molecule has 2 aromatic heterocycles. The van der Waals surface area contributed by atoms with Crippen molar-refractivity contribution in [1.82, 2.24) is 19.6 Å². The number of aryl methyl sites for hydroxylation is 2. The van der Waals surface area contributed by atoms with Crippen LogP contribution in [-0.2, 0) is 20.0 Å². The molecule has 0 atom stereocenters. The maximum Gasteiger partial charge on any atom is 0.287 e. The summed E-state index contributed by atoms with van der Waals surface area (Å²) in [6, 6.07) is 1.95. The predicted octanol–water partition coefficient (Wildman–Crippen LogP) is 1.30. The smallest absolute Gasteiger partial charge is 0.287 e. The first-order valence-corrected chi connectivity index (χ1v) is 6.47. The van der Waals surface area contributed by atoms with E-state index in [0.29, 0.717) is 18.8 Å². The second-order valence-corrected chi connectivity index (χ2v) is 4.49. The van der Waals surface area contributed by atoms with Crippen LogP contribution in [0.5, 0.6) is 0 Å². The first-order chi connectivity index (χ1) is 9.13. The Kier molecular flexibility index (Phi) is 4.21. The van der Waals surface area contributed by atoms with Crippen molar-refractivity contribution in [2.75, 3.05) is 11.9 Å². The summed E-state index contributed by atoms with van der Waals surface area (Å²) in [6.45, 7) is 3.02. The fraction of sp³-hybridized carbons (Fsp3) is 0.417. The molecular formula is C12H16ClN5O. The summed E-state index contributed by atoms with van der Waals surface area (Å²) < 4.78 is 3.14. The summed E-state index contributed by atoms with van der Waals surface area (Å²) in [7, 11) is 1.90. The molecule has 0 aliphatic rings. The van der Waals surface area contributed by atoms with Gasteiger partial charge in [0.15, 0.2) is 0 Å². The summed E-state index contributed by atoms with van der Waals surface area (Å²) in [6.07, 6.45) is 4.13. The number of nitrogens with zero attached hydrogens (tertiary/aromatic N) is 4. The van der Waals surface area contributed by atoms with Gasteiger partial charge in [0.2, 0.25) is 0 Å². The van der Waals surface area contributed by atoms with Crippen LogP contribution in [-0.4, -0.2) is 26.1 Å².